The summed E-state index contributed by atoms with van der Waals surface area (Å²) in [5, 5.41) is 4.34. The summed E-state index contributed by atoms with van der Waals surface area (Å²) in [6.45, 7) is 4.30. The lowest BCUT2D eigenvalue weighted by atomic mass is 10.1. The van der Waals surface area contributed by atoms with E-state index in [1.54, 1.807) is 11.8 Å². The van der Waals surface area contributed by atoms with Crippen LogP contribution in [-0.4, -0.2) is 16.5 Å². The summed E-state index contributed by atoms with van der Waals surface area (Å²) in [6, 6.07) is 8.08. The number of hydrogen-bond acceptors (Lipinski definition) is 3. The molecule has 0 atom stereocenters. The van der Waals surface area contributed by atoms with Gasteiger partial charge in [0.15, 0.2) is 5.17 Å². The fourth-order valence-electron chi connectivity index (χ4n) is 1.33. The van der Waals surface area contributed by atoms with Gasteiger partial charge in [0.05, 0.1) is 11.2 Å². The molecular weight excluding hydrogens is 272 g/mol. The van der Waals surface area contributed by atoms with Crippen LogP contribution in [0.3, 0.4) is 0 Å². The molecule has 0 radical (unpaired) electrons. The fourth-order valence-corrected chi connectivity index (χ4v) is 2.76. The first-order chi connectivity index (χ1) is 7.07. The van der Waals surface area contributed by atoms with Gasteiger partial charge >= 0.3 is 0 Å². The van der Waals surface area contributed by atoms with Crippen LogP contribution in [0.2, 0.25) is 0 Å². The molecule has 0 amide bonds. The molecule has 1 N–H and O–H groups in total. The minimum Gasteiger partial charge on any atom is -0.334 e. The molecule has 1 aromatic carbocycles. The zero-order valence-electron chi connectivity index (χ0n) is 8.75. The van der Waals surface area contributed by atoms with Gasteiger partial charge in [-0.3, -0.25) is 4.99 Å². The van der Waals surface area contributed by atoms with E-state index in [2.05, 4.69) is 40.1 Å². The van der Waals surface area contributed by atoms with Gasteiger partial charge in [0.2, 0.25) is 0 Å². The number of rotatable bonds is 1. The number of benzene rings is 1. The average Bonchev–Trinajstić information content (AvgIpc) is 2.50. The van der Waals surface area contributed by atoms with Crippen molar-refractivity contribution in [3.05, 3.63) is 28.7 Å². The molecule has 4 heteroatoms. The van der Waals surface area contributed by atoms with Crippen molar-refractivity contribution in [1.29, 1.82) is 0 Å². The predicted molar refractivity (Wildman–Crippen MR) is 71.7 cm³/mol. The molecule has 0 aliphatic carbocycles. The third-order valence-corrected chi connectivity index (χ3v) is 4.09. The monoisotopic (exact) mass is 284 g/mol. The summed E-state index contributed by atoms with van der Waals surface area (Å²) in [7, 11) is 0. The molecule has 80 valence electrons. The smallest absolute Gasteiger partial charge is 0.161 e. The molecular formula is C11H13BrN2S. The van der Waals surface area contributed by atoms with E-state index >= 15 is 0 Å². The molecule has 0 bridgehead atoms. The highest BCUT2D eigenvalue weighted by Crippen LogP contribution is 2.29. The van der Waals surface area contributed by atoms with E-state index in [0.717, 1.165) is 21.1 Å². The van der Waals surface area contributed by atoms with E-state index in [4.69, 9.17) is 0 Å². The molecule has 0 fully saturated rings. The maximum absolute atomic E-state index is 4.60. The van der Waals surface area contributed by atoms with Gasteiger partial charge in [0.1, 0.15) is 0 Å². The quantitative estimate of drug-likeness (QED) is 0.850. The number of amidine groups is 1. The third-order valence-electron chi connectivity index (χ3n) is 2.08. The second-order valence-corrected chi connectivity index (χ2v) is 5.94. The topological polar surface area (TPSA) is 24.4 Å². The number of thioether (sulfide) groups is 1. The first-order valence-corrected chi connectivity index (χ1v) is 6.59. The van der Waals surface area contributed by atoms with Crippen molar-refractivity contribution in [1.82, 2.24) is 0 Å². The lowest BCUT2D eigenvalue weighted by Gasteiger charge is -2.09. The Balaban J connectivity index is 2.14. The van der Waals surface area contributed by atoms with E-state index in [1.807, 2.05) is 24.3 Å². The summed E-state index contributed by atoms with van der Waals surface area (Å²) in [5.41, 5.74) is 1.13. The molecule has 0 aromatic heterocycles. The lowest BCUT2D eigenvalue weighted by Crippen LogP contribution is -2.15. The normalized spacial score (nSPS) is 18.7. The molecule has 2 nitrogen and oxygen atoms in total. The first-order valence-electron chi connectivity index (χ1n) is 4.81. The highest BCUT2D eigenvalue weighted by Gasteiger charge is 2.25. The van der Waals surface area contributed by atoms with Crippen LogP contribution in [0.5, 0.6) is 0 Å². The van der Waals surface area contributed by atoms with Gasteiger partial charge in [-0.15, -0.1) is 0 Å². The Morgan fingerprint density at radius 3 is 2.73 bits per heavy atom. The molecule has 1 aromatic rings. The fraction of sp³-hybridized carbons (Fsp3) is 0.364. The Kier molecular flexibility index (Phi) is 3.07. The molecule has 0 spiro atoms. The summed E-state index contributed by atoms with van der Waals surface area (Å²) in [4.78, 5) is 4.60. The molecule has 0 unspecified atom stereocenters. The van der Waals surface area contributed by atoms with E-state index in [-0.39, 0.29) is 5.54 Å². The first kappa shape index (κ1) is 11.0. The molecule has 1 heterocycles. The summed E-state index contributed by atoms with van der Waals surface area (Å²) >= 11 is 5.28. The van der Waals surface area contributed by atoms with Crippen LogP contribution in [0.4, 0.5) is 5.69 Å². The Morgan fingerprint density at radius 2 is 2.13 bits per heavy atom. The van der Waals surface area contributed by atoms with Crippen molar-refractivity contribution in [2.75, 3.05) is 11.1 Å². The summed E-state index contributed by atoms with van der Waals surface area (Å²) in [5.74, 6) is 1.04. The van der Waals surface area contributed by atoms with E-state index in [1.165, 1.54) is 0 Å². The highest BCUT2D eigenvalue weighted by atomic mass is 79.9. The van der Waals surface area contributed by atoms with Crippen molar-refractivity contribution < 1.29 is 0 Å². The van der Waals surface area contributed by atoms with Crippen molar-refractivity contribution >= 4 is 38.5 Å². The number of nitrogens with one attached hydrogen (secondary N) is 1. The number of para-hydroxylation sites is 1. The maximum atomic E-state index is 4.60. The predicted octanol–water partition coefficient (Wildman–Crippen LogP) is 3.74. The van der Waals surface area contributed by atoms with Crippen LogP contribution in [-0.2, 0) is 0 Å². The van der Waals surface area contributed by atoms with E-state index < -0.39 is 0 Å². The Hall–Kier alpha value is -0.480. The van der Waals surface area contributed by atoms with Crippen molar-refractivity contribution in [3.8, 4) is 0 Å². The molecule has 1 aliphatic rings. The number of anilines is 1. The molecule has 0 saturated heterocycles. The Morgan fingerprint density at radius 1 is 1.40 bits per heavy atom. The highest BCUT2D eigenvalue weighted by molar-refractivity contribution is 9.10. The summed E-state index contributed by atoms with van der Waals surface area (Å²) in [6.07, 6.45) is 0. The van der Waals surface area contributed by atoms with Crippen LogP contribution in [0.25, 0.3) is 0 Å². The van der Waals surface area contributed by atoms with Crippen LogP contribution in [0.1, 0.15) is 13.8 Å². The second-order valence-electron chi connectivity index (χ2n) is 4.12. The number of nitrogens with zero attached hydrogens (tertiary/aromatic N) is 1. The van der Waals surface area contributed by atoms with E-state index in [9.17, 15) is 0 Å². The molecule has 0 saturated carbocycles. The Bertz CT molecular complexity index is 401. The van der Waals surface area contributed by atoms with Crippen LogP contribution in [0.15, 0.2) is 33.7 Å². The van der Waals surface area contributed by atoms with Gasteiger partial charge in [0.25, 0.3) is 0 Å². The largest absolute Gasteiger partial charge is 0.334 e. The standard InChI is InChI=1S/C11H13BrN2S/c1-11(2)7-15-10(14-11)13-9-6-4-3-5-8(9)12/h3-6H,7H2,1-2H3,(H,13,14). The van der Waals surface area contributed by atoms with Gasteiger partial charge in [-0.1, -0.05) is 23.9 Å². The average molecular weight is 285 g/mol. The zero-order chi connectivity index (χ0) is 10.9. The van der Waals surface area contributed by atoms with Crippen LogP contribution < -0.4 is 5.32 Å². The minimum atomic E-state index is 0.0637. The van der Waals surface area contributed by atoms with Crippen LogP contribution in [0, 0.1) is 0 Å². The molecule has 15 heavy (non-hydrogen) atoms. The zero-order valence-corrected chi connectivity index (χ0v) is 11.2. The van der Waals surface area contributed by atoms with Gasteiger partial charge in [0, 0.05) is 10.2 Å². The SMILES string of the molecule is CC1(C)CSC(Nc2ccccc2Br)=N1. The van der Waals surface area contributed by atoms with E-state index in [0.29, 0.717) is 0 Å². The molecule has 1 aliphatic heterocycles. The third kappa shape index (κ3) is 2.75. The van der Waals surface area contributed by atoms with Crippen molar-refractivity contribution in [2.45, 2.75) is 19.4 Å². The minimum absolute atomic E-state index is 0.0637. The number of hydrogen-bond donors (Lipinski definition) is 1. The lowest BCUT2D eigenvalue weighted by molar-refractivity contribution is 0.605. The van der Waals surface area contributed by atoms with Crippen molar-refractivity contribution in [3.63, 3.8) is 0 Å². The number of halogens is 1. The second kappa shape index (κ2) is 4.18. The molecule has 2 rings (SSSR count). The van der Waals surface area contributed by atoms with Gasteiger partial charge in [-0.2, -0.15) is 0 Å². The maximum Gasteiger partial charge on any atom is 0.161 e. The van der Waals surface area contributed by atoms with Crippen LogP contribution >= 0.6 is 27.7 Å². The Labute approximate surface area is 103 Å². The van der Waals surface area contributed by atoms with Gasteiger partial charge in [-0.05, 0) is 41.9 Å². The number of aliphatic imine (C=N–C) groups is 1. The van der Waals surface area contributed by atoms with Crippen molar-refractivity contribution in [2.24, 2.45) is 4.99 Å². The van der Waals surface area contributed by atoms with Gasteiger partial charge < -0.3 is 5.32 Å². The van der Waals surface area contributed by atoms with Gasteiger partial charge in [-0.25, -0.2) is 0 Å². The summed E-state index contributed by atoms with van der Waals surface area (Å²) < 4.78 is 1.07.